The third-order valence-electron chi connectivity index (χ3n) is 3.70. The first-order chi connectivity index (χ1) is 9.17. The van der Waals surface area contributed by atoms with Crippen LogP contribution >= 0.6 is 23.2 Å². The van der Waals surface area contributed by atoms with E-state index in [0.29, 0.717) is 22.6 Å². The molecule has 106 valence electrons. The molecule has 3 nitrogen and oxygen atoms in total. The number of rotatable bonds is 4. The summed E-state index contributed by atoms with van der Waals surface area (Å²) in [5.41, 5.74) is 7.10. The number of morpholine rings is 1. The minimum Gasteiger partial charge on any atom is -0.378 e. The maximum absolute atomic E-state index is 6.11. The fourth-order valence-corrected chi connectivity index (χ4v) is 2.92. The third-order valence-corrected chi connectivity index (χ3v) is 4.44. The minimum absolute atomic E-state index is 0.170. The fourth-order valence-electron chi connectivity index (χ4n) is 2.61. The monoisotopic (exact) mass is 302 g/mol. The van der Waals surface area contributed by atoms with Crippen LogP contribution < -0.4 is 5.73 Å². The van der Waals surface area contributed by atoms with E-state index in [2.05, 4.69) is 11.8 Å². The lowest BCUT2D eigenvalue weighted by molar-refractivity contribution is -0.0291. The van der Waals surface area contributed by atoms with Gasteiger partial charge in [0.15, 0.2) is 0 Å². The van der Waals surface area contributed by atoms with Crippen LogP contribution in [0.3, 0.4) is 0 Å². The Hall–Kier alpha value is -0.320. The third kappa shape index (κ3) is 3.41. The quantitative estimate of drug-likeness (QED) is 0.929. The molecule has 0 amide bonds. The Balaban J connectivity index is 2.24. The summed E-state index contributed by atoms with van der Waals surface area (Å²) in [4.78, 5) is 2.42. The van der Waals surface area contributed by atoms with Crippen LogP contribution in [0.15, 0.2) is 18.2 Å². The highest BCUT2D eigenvalue weighted by Gasteiger charge is 2.28. The Morgan fingerprint density at radius 3 is 2.84 bits per heavy atom. The molecule has 0 aromatic heterocycles. The van der Waals surface area contributed by atoms with Crippen molar-refractivity contribution in [2.45, 2.75) is 25.4 Å². The molecule has 1 saturated heterocycles. The van der Waals surface area contributed by atoms with Crippen molar-refractivity contribution in [2.75, 3.05) is 26.3 Å². The van der Waals surface area contributed by atoms with E-state index in [0.717, 1.165) is 31.7 Å². The van der Waals surface area contributed by atoms with Gasteiger partial charge in [-0.3, -0.25) is 4.90 Å². The maximum Gasteiger partial charge on any atom is 0.0622 e. The van der Waals surface area contributed by atoms with Crippen LogP contribution in [0.4, 0.5) is 0 Å². The lowest BCUT2D eigenvalue weighted by atomic mass is 10.0. The standard InChI is InChI=1S/C14H20Cl2N2O/c1-2-11-9-19-6-5-18(11)14(8-17)10-3-4-12(15)13(16)7-10/h3-4,7,11,14H,2,5-6,8-9,17H2,1H3. The lowest BCUT2D eigenvalue weighted by Crippen LogP contribution is -2.48. The van der Waals surface area contributed by atoms with Crippen LogP contribution in [-0.2, 0) is 4.74 Å². The molecule has 0 aliphatic carbocycles. The highest BCUT2D eigenvalue weighted by atomic mass is 35.5. The van der Waals surface area contributed by atoms with E-state index < -0.39 is 0 Å². The van der Waals surface area contributed by atoms with Crippen molar-refractivity contribution >= 4 is 23.2 Å². The van der Waals surface area contributed by atoms with Gasteiger partial charge in [0.05, 0.1) is 23.3 Å². The van der Waals surface area contributed by atoms with Crippen LogP contribution in [0.2, 0.25) is 10.0 Å². The van der Waals surface area contributed by atoms with Crippen molar-refractivity contribution in [3.8, 4) is 0 Å². The molecule has 0 bridgehead atoms. The second-order valence-corrected chi connectivity index (χ2v) is 5.61. The van der Waals surface area contributed by atoms with E-state index in [1.54, 1.807) is 0 Å². The molecule has 1 aromatic rings. The molecule has 2 N–H and O–H groups in total. The van der Waals surface area contributed by atoms with E-state index in [-0.39, 0.29) is 6.04 Å². The maximum atomic E-state index is 6.11. The van der Waals surface area contributed by atoms with Crippen LogP contribution in [0.5, 0.6) is 0 Å². The highest BCUT2D eigenvalue weighted by molar-refractivity contribution is 6.42. The first-order valence-corrected chi connectivity index (χ1v) is 7.41. The summed E-state index contributed by atoms with van der Waals surface area (Å²) in [6, 6.07) is 6.35. The molecule has 19 heavy (non-hydrogen) atoms. The Bertz CT molecular complexity index is 428. The number of hydrogen-bond donors (Lipinski definition) is 1. The summed E-state index contributed by atoms with van der Waals surface area (Å²) in [6.07, 6.45) is 1.05. The van der Waals surface area contributed by atoms with Gasteiger partial charge < -0.3 is 10.5 Å². The summed E-state index contributed by atoms with van der Waals surface area (Å²) in [5, 5.41) is 1.16. The molecule has 2 atom stereocenters. The predicted octanol–water partition coefficient (Wildman–Crippen LogP) is 3.10. The Kier molecular flexibility index (Phi) is 5.48. The van der Waals surface area contributed by atoms with E-state index in [1.165, 1.54) is 0 Å². The second kappa shape index (κ2) is 6.91. The minimum atomic E-state index is 0.170. The molecule has 0 radical (unpaired) electrons. The lowest BCUT2D eigenvalue weighted by Gasteiger charge is -2.40. The summed E-state index contributed by atoms with van der Waals surface area (Å²) in [6.45, 7) is 5.17. The summed E-state index contributed by atoms with van der Waals surface area (Å²) >= 11 is 12.1. The first kappa shape index (κ1) is 15.1. The van der Waals surface area contributed by atoms with Gasteiger partial charge in [0.1, 0.15) is 0 Å². The van der Waals surface area contributed by atoms with Crippen LogP contribution in [0, 0.1) is 0 Å². The Labute approximate surface area is 124 Å². The van der Waals surface area contributed by atoms with Gasteiger partial charge >= 0.3 is 0 Å². The zero-order valence-electron chi connectivity index (χ0n) is 11.1. The molecule has 2 unspecified atom stereocenters. The highest BCUT2D eigenvalue weighted by Crippen LogP contribution is 2.30. The summed E-state index contributed by atoms with van der Waals surface area (Å²) < 4.78 is 5.55. The van der Waals surface area contributed by atoms with Gasteiger partial charge in [0.2, 0.25) is 0 Å². The van der Waals surface area contributed by atoms with Crippen molar-refractivity contribution in [2.24, 2.45) is 5.73 Å². The molecule has 2 rings (SSSR count). The normalized spacial score (nSPS) is 22.4. The number of nitrogens with zero attached hydrogens (tertiary/aromatic N) is 1. The molecule has 1 aliphatic rings. The number of hydrogen-bond acceptors (Lipinski definition) is 3. The van der Waals surface area contributed by atoms with Crippen molar-refractivity contribution in [1.82, 2.24) is 4.90 Å². The number of ether oxygens (including phenoxy) is 1. The molecule has 0 spiro atoms. The van der Waals surface area contributed by atoms with Gasteiger partial charge in [-0.25, -0.2) is 0 Å². The van der Waals surface area contributed by atoms with E-state index in [1.807, 2.05) is 18.2 Å². The van der Waals surface area contributed by atoms with Gasteiger partial charge in [-0.05, 0) is 24.1 Å². The van der Waals surface area contributed by atoms with Gasteiger partial charge in [0.25, 0.3) is 0 Å². The number of nitrogens with two attached hydrogens (primary N) is 1. The molecule has 5 heteroatoms. The second-order valence-electron chi connectivity index (χ2n) is 4.80. The summed E-state index contributed by atoms with van der Waals surface area (Å²) in [7, 11) is 0. The van der Waals surface area contributed by atoms with Gasteiger partial charge in [-0.2, -0.15) is 0 Å². The SMILES string of the molecule is CCC1COCCN1C(CN)c1ccc(Cl)c(Cl)c1. The molecule has 0 saturated carbocycles. The van der Waals surface area contributed by atoms with E-state index in [4.69, 9.17) is 33.7 Å². The molecule has 1 fully saturated rings. The largest absolute Gasteiger partial charge is 0.378 e. The Morgan fingerprint density at radius 1 is 1.42 bits per heavy atom. The smallest absolute Gasteiger partial charge is 0.0622 e. The molecule has 1 aromatic carbocycles. The fraction of sp³-hybridized carbons (Fsp3) is 0.571. The van der Waals surface area contributed by atoms with E-state index in [9.17, 15) is 0 Å². The molecule has 1 heterocycles. The predicted molar refractivity (Wildman–Crippen MR) is 79.9 cm³/mol. The van der Waals surface area contributed by atoms with Gasteiger partial charge in [-0.1, -0.05) is 36.2 Å². The zero-order valence-corrected chi connectivity index (χ0v) is 12.6. The Morgan fingerprint density at radius 2 is 2.21 bits per heavy atom. The topological polar surface area (TPSA) is 38.5 Å². The molecular weight excluding hydrogens is 283 g/mol. The van der Waals surface area contributed by atoms with Crippen molar-refractivity contribution in [1.29, 1.82) is 0 Å². The van der Waals surface area contributed by atoms with Crippen molar-refractivity contribution in [3.63, 3.8) is 0 Å². The van der Waals surface area contributed by atoms with Crippen LogP contribution in [-0.4, -0.2) is 37.2 Å². The van der Waals surface area contributed by atoms with Crippen molar-refractivity contribution in [3.05, 3.63) is 33.8 Å². The number of benzene rings is 1. The molecular formula is C14H20Cl2N2O. The van der Waals surface area contributed by atoms with E-state index >= 15 is 0 Å². The summed E-state index contributed by atoms with van der Waals surface area (Å²) in [5.74, 6) is 0. The zero-order chi connectivity index (χ0) is 13.8. The van der Waals surface area contributed by atoms with Gasteiger partial charge in [0, 0.05) is 25.2 Å². The average Bonchev–Trinajstić information content (AvgIpc) is 2.44. The van der Waals surface area contributed by atoms with Gasteiger partial charge in [-0.15, -0.1) is 0 Å². The molecule has 1 aliphatic heterocycles. The average molecular weight is 303 g/mol. The van der Waals surface area contributed by atoms with Crippen LogP contribution in [0.1, 0.15) is 24.9 Å². The first-order valence-electron chi connectivity index (χ1n) is 6.65. The number of halogens is 2. The van der Waals surface area contributed by atoms with Crippen LogP contribution in [0.25, 0.3) is 0 Å². The van der Waals surface area contributed by atoms with Crippen molar-refractivity contribution < 1.29 is 4.74 Å².